The Morgan fingerprint density at radius 1 is 1.07 bits per heavy atom. The molecule has 0 saturated carbocycles. The van der Waals surface area contributed by atoms with Crippen LogP contribution in [0.2, 0.25) is 0 Å². The van der Waals surface area contributed by atoms with Gasteiger partial charge in [-0.25, -0.2) is 8.42 Å². The molecular formula is C19H30N2O5S. The lowest BCUT2D eigenvalue weighted by molar-refractivity contribution is -0.150. The van der Waals surface area contributed by atoms with E-state index in [1.165, 1.54) is 16.4 Å². The Kier molecular flexibility index (Phi) is 8.43. The van der Waals surface area contributed by atoms with Crippen molar-refractivity contribution in [3.63, 3.8) is 0 Å². The summed E-state index contributed by atoms with van der Waals surface area (Å²) < 4.78 is 31.2. The number of amides is 1. The zero-order chi connectivity index (χ0) is 20.7. The molecule has 0 aliphatic heterocycles. The van der Waals surface area contributed by atoms with Crippen molar-refractivity contribution in [3.05, 3.63) is 29.8 Å². The van der Waals surface area contributed by atoms with Crippen LogP contribution in [-0.2, 0) is 30.9 Å². The lowest BCUT2D eigenvalue weighted by Crippen LogP contribution is -2.30. The molecule has 1 amide bonds. The summed E-state index contributed by atoms with van der Waals surface area (Å²) in [6.45, 7) is 10.0. The lowest BCUT2D eigenvalue weighted by atomic mass is 9.93. The van der Waals surface area contributed by atoms with Gasteiger partial charge in [0.1, 0.15) is 0 Å². The van der Waals surface area contributed by atoms with E-state index in [1.807, 2.05) is 20.8 Å². The highest BCUT2D eigenvalue weighted by Gasteiger charge is 2.21. The number of carbonyl (C=O) groups excluding carboxylic acids is 2. The van der Waals surface area contributed by atoms with E-state index in [2.05, 4.69) is 5.32 Å². The fraction of sp³-hybridized carbons (Fsp3) is 0.579. The summed E-state index contributed by atoms with van der Waals surface area (Å²) in [6.07, 6.45) is 0.239. The number of nitrogens with one attached hydrogen (secondary N) is 1. The van der Waals surface area contributed by atoms with Gasteiger partial charge in [0, 0.05) is 19.6 Å². The van der Waals surface area contributed by atoms with Crippen LogP contribution >= 0.6 is 0 Å². The molecule has 0 radical (unpaired) electrons. The predicted molar refractivity (Wildman–Crippen MR) is 103 cm³/mol. The quantitative estimate of drug-likeness (QED) is 0.645. The van der Waals surface area contributed by atoms with Gasteiger partial charge in [-0.1, -0.05) is 46.8 Å². The second-order valence-corrected chi connectivity index (χ2v) is 9.35. The highest BCUT2D eigenvalue weighted by molar-refractivity contribution is 7.89. The van der Waals surface area contributed by atoms with Crippen LogP contribution in [0.1, 0.15) is 46.6 Å². The summed E-state index contributed by atoms with van der Waals surface area (Å²) >= 11 is 0. The molecule has 0 aromatic heterocycles. The third kappa shape index (κ3) is 7.68. The molecule has 1 aromatic carbocycles. The zero-order valence-corrected chi connectivity index (χ0v) is 17.6. The first-order valence-corrected chi connectivity index (χ1v) is 10.4. The topological polar surface area (TPSA) is 92.8 Å². The largest absolute Gasteiger partial charge is 0.456 e. The maximum absolute atomic E-state index is 12.4. The molecule has 0 bridgehead atoms. The molecule has 1 rings (SSSR count). The summed E-state index contributed by atoms with van der Waals surface area (Å²) in [4.78, 5) is 23.6. The maximum Gasteiger partial charge on any atom is 0.306 e. The second kappa shape index (κ2) is 9.85. The molecule has 0 unspecified atom stereocenters. The van der Waals surface area contributed by atoms with Crippen LogP contribution in [0.15, 0.2) is 29.2 Å². The van der Waals surface area contributed by atoms with Gasteiger partial charge in [-0.15, -0.1) is 0 Å². The molecule has 8 heteroatoms. The number of sulfonamides is 1. The van der Waals surface area contributed by atoms with E-state index in [4.69, 9.17) is 4.74 Å². The van der Waals surface area contributed by atoms with E-state index in [-0.39, 0.29) is 29.9 Å². The molecule has 27 heavy (non-hydrogen) atoms. The average Bonchev–Trinajstić information content (AvgIpc) is 2.58. The smallest absolute Gasteiger partial charge is 0.306 e. The number of rotatable bonds is 9. The van der Waals surface area contributed by atoms with E-state index >= 15 is 0 Å². The van der Waals surface area contributed by atoms with Crippen molar-refractivity contribution in [2.45, 2.75) is 52.5 Å². The molecule has 1 aromatic rings. The van der Waals surface area contributed by atoms with Gasteiger partial charge in [0.2, 0.25) is 10.0 Å². The molecule has 152 valence electrons. The van der Waals surface area contributed by atoms with Crippen LogP contribution in [0.5, 0.6) is 0 Å². The van der Waals surface area contributed by atoms with E-state index < -0.39 is 21.9 Å². The molecule has 1 N–H and O–H groups in total. The molecule has 7 nitrogen and oxygen atoms in total. The van der Waals surface area contributed by atoms with Crippen molar-refractivity contribution >= 4 is 21.9 Å². The zero-order valence-electron chi connectivity index (χ0n) is 16.7. The second-order valence-electron chi connectivity index (χ2n) is 7.41. The van der Waals surface area contributed by atoms with Crippen LogP contribution in [-0.4, -0.2) is 44.3 Å². The van der Waals surface area contributed by atoms with Crippen molar-refractivity contribution in [2.24, 2.45) is 5.41 Å². The number of esters is 1. The Balaban J connectivity index is 2.55. The monoisotopic (exact) mass is 398 g/mol. The van der Waals surface area contributed by atoms with Gasteiger partial charge in [0.25, 0.3) is 5.91 Å². The molecule has 0 heterocycles. The van der Waals surface area contributed by atoms with Gasteiger partial charge in [-0.05, 0) is 23.1 Å². The summed E-state index contributed by atoms with van der Waals surface area (Å²) in [5.74, 6) is -0.819. The van der Waals surface area contributed by atoms with Crippen LogP contribution < -0.4 is 5.32 Å². The lowest BCUT2D eigenvalue weighted by Gasteiger charge is -2.18. The van der Waals surface area contributed by atoms with Crippen molar-refractivity contribution in [2.75, 3.05) is 19.7 Å². The van der Waals surface area contributed by atoms with Crippen molar-refractivity contribution < 1.29 is 22.7 Å². The minimum absolute atomic E-state index is 0.194. The fourth-order valence-corrected chi connectivity index (χ4v) is 3.83. The molecule has 0 aliphatic carbocycles. The Morgan fingerprint density at radius 2 is 1.63 bits per heavy atom. The number of benzene rings is 1. The normalized spacial score (nSPS) is 12.1. The molecule has 0 aliphatic rings. The fourth-order valence-electron chi connectivity index (χ4n) is 2.37. The number of carbonyl (C=O) groups is 2. The van der Waals surface area contributed by atoms with Gasteiger partial charge in [0.15, 0.2) is 6.61 Å². The number of hydrogen-bond acceptors (Lipinski definition) is 5. The molecular weight excluding hydrogens is 368 g/mol. The first-order chi connectivity index (χ1) is 12.5. The summed E-state index contributed by atoms with van der Waals surface area (Å²) in [7, 11) is -3.49. The van der Waals surface area contributed by atoms with Gasteiger partial charge in [-0.3, -0.25) is 9.59 Å². The number of ether oxygens (including phenoxy) is 1. The number of nitrogens with zero attached hydrogens (tertiary/aromatic N) is 1. The van der Waals surface area contributed by atoms with Crippen molar-refractivity contribution in [1.82, 2.24) is 9.62 Å². The maximum atomic E-state index is 12.4. The third-order valence-corrected chi connectivity index (χ3v) is 5.86. The Hall–Kier alpha value is -1.93. The van der Waals surface area contributed by atoms with Crippen molar-refractivity contribution in [3.8, 4) is 0 Å². The van der Waals surface area contributed by atoms with Crippen molar-refractivity contribution in [1.29, 1.82) is 0 Å². The number of hydrogen-bond donors (Lipinski definition) is 1. The third-order valence-electron chi connectivity index (χ3n) is 3.80. The molecule has 0 atom stereocenters. The van der Waals surface area contributed by atoms with E-state index in [0.717, 1.165) is 5.56 Å². The minimum Gasteiger partial charge on any atom is -0.456 e. The van der Waals surface area contributed by atoms with E-state index in [1.54, 1.807) is 26.0 Å². The summed E-state index contributed by atoms with van der Waals surface area (Å²) in [5, 5.41) is 2.64. The van der Waals surface area contributed by atoms with Gasteiger partial charge in [-0.2, -0.15) is 4.31 Å². The van der Waals surface area contributed by atoms with E-state index in [9.17, 15) is 18.0 Å². The van der Waals surface area contributed by atoms with Crippen LogP contribution in [0.3, 0.4) is 0 Å². The first kappa shape index (κ1) is 23.1. The first-order valence-electron chi connectivity index (χ1n) is 9.01. The highest BCUT2D eigenvalue weighted by atomic mass is 32.2. The van der Waals surface area contributed by atoms with Crippen LogP contribution in [0.4, 0.5) is 0 Å². The standard InChI is InChI=1S/C19H30N2O5S/c1-6-21(7-2)27(24,25)16-10-8-15(9-11-16)13-20-17(22)14-26-18(23)12-19(3,4)5/h8-11H,6-7,12-14H2,1-5H3,(H,20,22). The summed E-state index contributed by atoms with van der Waals surface area (Å²) in [6, 6.07) is 6.36. The molecule has 0 spiro atoms. The highest BCUT2D eigenvalue weighted by Crippen LogP contribution is 2.19. The predicted octanol–water partition coefficient (Wildman–Crippen LogP) is 2.31. The Morgan fingerprint density at radius 3 is 2.11 bits per heavy atom. The van der Waals surface area contributed by atoms with Crippen LogP contribution in [0, 0.1) is 5.41 Å². The summed E-state index contributed by atoms with van der Waals surface area (Å²) in [5.41, 5.74) is 0.559. The van der Waals surface area contributed by atoms with Gasteiger partial charge >= 0.3 is 5.97 Å². The minimum atomic E-state index is -3.49. The average molecular weight is 399 g/mol. The molecule has 0 saturated heterocycles. The SMILES string of the molecule is CCN(CC)S(=O)(=O)c1ccc(CNC(=O)COC(=O)CC(C)(C)C)cc1. The van der Waals surface area contributed by atoms with Gasteiger partial charge < -0.3 is 10.1 Å². The van der Waals surface area contributed by atoms with Crippen LogP contribution in [0.25, 0.3) is 0 Å². The van der Waals surface area contributed by atoms with Gasteiger partial charge in [0.05, 0.1) is 11.3 Å². The van der Waals surface area contributed by atoms with E-state index in [0.29, 0.717) is 13.1 Å². The Bertz CT molecular complexity index is 732. The molecule has 0 fully saturated rings. The Labute approximate surface area is 162 Å².